The molecule has 0 bridgehead atoms. The summed E-state index contributed by atoms with van der Waals surface area (Å²) in [5.41, 5.74) is 2.13. The van der Waals surface area contributed by atoms with Crippen LogP contribution in [-0.2, 0) is 0 Å². The molecular formula is C14H14N2. The topological polar surface area (TPSA) is 24.4 Å². The van der Waals surface area contributed by atoms with E-state index >= 15 is 0 Å². The molecule has 1 N–H and O–H groups in total. The molecule has 0 fully saturated rings. The lowest BCUT2D eigenvalue weighted by atomic mass is 10.1. The second kappa shape index (κ2) is 5.12. The van der Waals surface area contributed by atoms with E-state index in [2.05, 4.69) is 35.1 Å². The summed E-state index contributed by atoms with van der Waals surface area (Å²) in [4.78, 5) is 4.32. The van der Waals surface area contributed by atoms with Crippen molar-refractivity contribution in [3.63, 3.8) is 0 Å². The third kappa shape index (κ3) is 2.48. The molecule has 1 unspecified atom stereocenters. The Morgan fingerprint density at radius 3 is 2.81 bits per heavy atom. The second-order valence-electron chi connectivity index (χ2n) is 3.49. The van der Waals surface area contributed by atoms with E-state index in [9.17, 15) is 0 Å². The Bertz CT molecular complexity index is 441. The number of nitrogens with zero attached hydrogens (tertiary/aromatic N) is 1. The Morgan fingerprint density at radius 1 is 1.25 bits per heavy atom. The Balaban J connectivity index is 2.21. The number of hydrogen-bond acceptors (Lipinski definition) is 2. The van der Waals surface area contributed by atoms with Crippen LogP contribution in [0.1, 0.15) is 5.56 Å². The summed E-state index contributed by atoms with van der Waals surface area (Å²) >= 11 is 0. The number of rotatable bonds is 3. The SMILES string of the molecule is C=C/C=C\C1C=C(c2ccccc2)N=CN1. The van der Waals surface area contributed by atoms with E-state index in [1.165, 1.54) is 0 Å². The molecule has 1 aromatic rings. The molecule has 1 aliphatic rings. The van der Waals surface area contributed by atoms with Gasteiger partial charge in [-0.3, -0.25) is 0 Å². The fourth-order valence-corrected chi connectivity index (χ4v) is 1.54. The van der Waals surface area contributed by atoms with Crippen LogP contribution in [-0.4, -0.2) is 12.4 Å². The summed E-state index contributed by atoms with van der Waals surface area (Å²) in [5, 5.41) is 3.15. The minimum Gasteiger partial charge on any atom is -0.366 e. The maximum Gasteiger partial charge on any atom is 0.0893 e. The van der Waals surface area contributed by atoms with E-state index in [1.807, 2.05) is 30.4 Å². The van der Waals surface area contributed by atoms with Gasteiger partial charge in [-0.05, 0) is 11.6 Å². The van der Waals surface area contributed by atoms with Gasteiger partial charge in [-0.1, -0.05) is 55.1 Å². The first-order chi connectivity index (χ1) is 7.90. The lowest BCUT2D eigenvalue weighted by Crippen LogP contribution is -2.26. The molecule has 0 radical (unpaired) electrons. The Hall–Kier alpha value is -2.09. The van der Waals surface area contributed by atoms with Gasteiger partial charge in [-0.25, -0.2) is 4.99 Å². The Morgan fingerprint density at radius 2 is 2.06 bits per heavy atom. The number of aliphatic imine (C=N–C) groups is 1. The molecule has 2 nitrogen and oxygen atoms in total. The van der Waals surface area contributed by atoms with Crippen LogP contribution in [0.4, 0.5) is 0 Å². The number of benzene rings is 1. The fraction of sp³-hybridized carbons (Fsp3) is 0.0714. The molecule has 0 spiro atoms. The molecule has 0 saturated carbocycles. The van der Waals surface area contributed by atoms with Crippen LogP contribution in [0, 0.1) is 0 Å². The summed E-state index contributed by atoms with van der Waals surface area (Å²) in [6, 6.07) is 10.3. The van der Waals surface area contributed by atoms with Crippen molar-refractivity contribution in [1.82, 2.24) is 5.32 Å². The molecule has 0 aliphatic carbocycles. The lowest BCUT2D eigenvalue weighted by Gasteiger charge is -2.14. The maximum atomic E-state index is 4.32. The summed E-state index contributed by atoms with van der Waals surface area (Å²) in [6.45, 7) is 3.65. The van der Waals surface area contributed by atoms with Gasteiger partial charge in [-0.2, -0.15) is 0 Å². The second-order valence-corrected chi connectivity index (χ2v) is 3.49. The van der Waals surface area contributed by atoms with Gasteiger partial charge >= 0.3 is 0 Å². The average molecular weight is 210 g/mol. The van der Waals surface area contributed by atoms with Crippen molar-refractivity contribution in [3.8, 4) is 0 Å². The molecule has 1 heterocycles. The van der Waals surface area contributed by atoms with Crippen LogP contribution in [0.25, 0.3) is 5.70 Å². The van der Waals surface area contributed by atoms with E-state index < -0.39 is 0 Å². The van der Waals surface area contributed by atoms with Crippen LogP contribution >= 0.6 is 0 Å². The standard InChI is InChI=1S/C14H14N2/c1-2-3-9-13-10-14(16-11-15-13)12-7-5-4-6-8-12/h2-11,13H,1H2,(H,15,16)/b9-3-. The van der Waals surface area contributed by atoms with Gasteiger partial charge in [0.15, 0.2) is 0 Å². The van der Waals surface area contributed by atoms with Crippen molar-refractivity contribution in [2.75, 3.05) is 0 Å². The molecule has 80 valence electrons. The zero-order valence-electron chi connectivity index (χ0n) is 9.01. The van der Waals surface area contributed by atoms with E-state index in [0.717, 1.165) is 11.3 Å². The number of hydrogen-bond donors (Lipinski definition) is 1. The third-order valence-electron chi connectivity index (χ3n) is 2.33. The van der Waals surface area contributed by atoms with Gasteiger partial charge in [0, 0.05) is 0 Å². The minimum absolute atomic E-state index is 0.186. The van der Waals surface area contributed by atoms with Crippen LogP contribution in [0.15, 0.2) is 66.2 Å². The quantitative estimate of drug-likeness (QED) is 0.762. The molecule has 0 saturated heterocycles. The third-order valence-corrected chi connectivity index (χ3v) is 2.33. The fourth-order valence-electron chi connectivity index (χ4n) is 1.54. The first-order valence-corrected chi connectivity index (χ1v) is 5.25. The predicted octanol–water partition coefficient (Wildman–Crippen LogP) is 2.77. The summed E-state index contributed by atoms with van der Waals surface area (Å²) in [6.07, 6.45) is 9.57. The van der Waals surface area contributed by atoms with Crippen LogP contribution < -0.4 is 5.32 Å². The zero-order valence-corrected chi connectivity index (χ0v) is 9.01. The highest BCUT2D eigenvalue weighted by Crippen LogP contribution is 2.17. The first-order valence-electron chi connectivity index (χ1n) is 5.25. The minimum atomic E-state index is 0.186. The molecule has 0 aromatic heterocycles. The van der Waals surface area contributed by atoms with E-state index in [0.29, 0.717) is 0 Å². The highest BCUT2D eigenvalue weighted by molar-refractivity contribution is 5.76. The monoisotopic (exact) mass is 210 g/mol. The van der Waals surface area contributed by atoms with Gasteiger partial charge in [0.2, 0.25) is 0 Å². The summed E-state index contributed by atoms with van der Waals surface area (Å²) in [7, 11) is 0. The van der Waals surface area contributed by atoms with Crippen LogP contribution in [0.2, 0.25) is 0 Å². The Labute approximate surface area is 95.7 Å². The number of nitrogens with one attached hydrogen (secondary N) is 1. The largest absolute Gasteiger partial charge is 0.366 e. The van der Waals surface area contributed by atoms with E-state index in [-0.39, 0.29) is 6.04 Å². The van der Waals surface area contributed by atoms with E-state index in [4.69, 9.17) is 0 Å². The molecule has 16 heavy (non-hydrogen) atoms. The normalized spacial score (nSPS) is 19.2. The molecule has 2 heteroatoms. The van der Waals surface area contributed by atoms with Crippen molar-refractivity contribution >= 4 is 12.0 Å². The number of allylic oxidation sites excluding steroid dienone is 2. The molecule has 1 atom stereocenters. The van der Waals surface area contributed by atoms with Crippen LogP contribution in [0.5, 0.6) is 0 Å². The molecule has 1 aromatic carbocycles. The van der Waals surface area contributed by atoms with Crippen molar-refractivity contribution in [1.29, 1.82) is 0 Å². The predicted molar refractivity (Wildman–Crippen MR) is 69.2 cm³/mol. The average Bonchev–Trinajstić information content (AvgIpc) is 2.38. The lowest BCUT2D eigenvalue weighted by molar-refractivity contribution is 0.886. The van der Waals surface area contributed by atoms with Crippen LogP contribution in [0.3, 0.4) is 0 Å². The van der Waals surface area contributed by atoms with Gasteiger partial charge in [0.25, 0.3) is 0 Å². The Kier molecular flexibility index (Phi) is 3.34. The molecular weight excluding hydrogens is 196 g/mol. The maximum absolute atomic E-state index is 4.32. The summed E-state index contributed by atoms with van der Waals surface area (Å²) in [5.74, 6) is 0. The van der Waals surface area contributed by atoms with Gasteiger partial charge in [0.05, 0.1) is 18.1 Å². The summed E-state index contributed by atoms with van der Waals surface area (Å²) < 4.78 is 0. The van der Waals surface area contributed by atoms with Crippen molar-refractivity contribution in [2.24, 2.45) is 4.99 Å². The first kappa shape index (κ1) is 10.4. The highest BCUT2D eigenvalue weighted by atomic mass is 15.0. The molecule has 2 rings (SSSR count). The van der Waals surface area contributed by atoms with Gasteiger partial charge in [-0.15, -0.1) is 0 Å². The molecule has 1 aliphatic heterocycles. The van der Waals surface area contributed by atoms with Crippen molar-refractivity contribution < 1.29 is 0 Å². The van der Waals surface area contributed by atoms with E-state index in [1.54, 1.807) is 12.4 Å². The zero-order chi connectivity index (χ0) is 11.2. The smallest absolute Gasteiger partial charge is 0.0893 e. The van der Waals surface area contributed by atoms with Gasteiger partial charge in [0.1, 0.15) is 0 Å². The van der Waals surface area contributed by atoms with Gasteiger partial charge < -0.3 is 5.32 Å². The highest BCUT2D eigenvalue weighted by Gasteiger charge is 2.07. The molecule has 0 amide bonds. The van der Waals surface area contributed by atoms with Crippen molar-refractivity contribution in [3.05, 3.63) is 66.8 Å². The van der Waals surface area contributed by atoms with Crippen molar-refractivity contribution in [2.45, 2.75) is 6.04 Å².